The molecule has 0 aliphatic carbocycles. The van der Waals surface area contributed by atoms with Gasteiger partial charge in [-0.2, -0.15) is 0 Å². The first-order valence-corrected chi connectivity index (χ1v) is 6.62. The minimum atomic E-state index is 0.154. The van der Waals surface area contributed by atoms with Crippen molar-refractivity contribution in [2.45, 2.75) is 32.2 Å². The number of carbonyl (C=O) groups excluding carboxylic acids is 1. The molecule has 1 atom stereocenters. The molecule has 18 heavy (non-hydrogen) atoms. The number of rotatable bonds is 4. The number of benzene rings is 1. The van der Waals surface area contributed by atoms with Crippen molar-refractivity contribution in [2.24, 2.45) is 0 Å². The van der Waals surface area contributed by atoms with Crippen LogP contribution in [0.25, 0.3) is 0 Å². The van der Waals surface area contributed by atoms with Crippen LogP contribution in [0.1, 0.15) is 36.5 Å². The van der Waals surface area contributed by atoms with Crippen LogP contribution in [0.15, 0.2) is 24.3 Å². The number of hydrogen-bond acceptors (Lipinski definition) is 3. The van der Waals surface area contributed by atoms with E-state index in [1.54, 1.807) is 7.11 Å². The maximum atomic E-state index is 12.3. The van der Waals surface area contributed by atoms with Crippen LogP contribution in [-0.4, -0.2) is 36.9 Å². The lowest BCUT2D eigenvalue weighted by molar-refractivity contribution is 0.0857. The van der Waals surface area contributed by atoms with Gasteiger partial charge in [0.05, 0.1) is 19.2 Å². The third kappa shape index (κ3) is 2.91. The van der Waals surface area contributed by atoms with Crippen molar-refractivity contribution in [3.8, 4) is 5.75 Å². The van der Waals surface area contributed by atoms with E-state index in [9.17, 15) is 4.79 Å². The molecular weight excluding hydrogens is 226 g/mol. The van der Waals surface area contributed by atoms with E-state index in [1.807, 2.05) is 24.3 Å². The van der Waals surface area contributed by atoms with E-state index < -0.39 is 0 Å². The van der Waals surface area contributed by atoms with Gasteiger partial charge in [-0.3, -0.25) is 9.69 Å². The van der Waals surface area contributed by atoms with Crippen molar-refractivity contribution in [2.75, 3.05) is 20.2 Å². The summed E-state index contributed by atoms with van der Waals surface area (Å²) in [5.41, 5.74) is 0.692. The number of methoxy groups -OCH3 is 1. The molecule has 1 aromatic rings. The Morgan fingerprint density at radius 3 is 2.89 bits per heavy atom. The number of piperidine rings is 1. The van der Waals surface area contributed by atoms with Crippen molar-refractivity contribution in [1.29, 1.82) is 0 Å². The summed E-state index contributed by atoms with van der Waals surface area (Å²) in [6.07, 6.45) is 3.67. The quantitative estimate of drug-likeness (QED) is 0.766. The standard InChI is InChI=1S/C15H21NO2/c1-12-7-5-6-10-16(12)11-14(17)13-8-3-4-9-15(13)18-2/h3-4,8-9,12H,5-7,10-11H2,1-2H3/t12-/m1/s1. The van der Waals surface area contributed by atoms with Crippen molar-refractivity contribution in [3.63, 3.8) is 0 Å². The Kier molecular flexibility index (Phi) is 4.37. The van der Waals surface area contributed by atoms with Gasteiger partial charge in [0.15, 0.2) is 5.78 Å². The minimum Gasteiger partial charge on any atom is -0.496 e. The molecule has 1 heterocycles. The predicted molar refractivity (Wildman–Crippen MR) is 72.2 cm³/mol. The zero-order valence-electron chi connectivity index (χ0n) is 11.2. The van der Waals surface area contributed by atoms with Gasteiger partial charge < -0.3 is 4.74 Å². The molecule has 1 aliphatic rings. The van der Waals surface area contributed by atoms with Crippen LogP contribution >= 0.6 is 0 Å². The molecule has 0 amide bonds. The third-order valence-corrected chi connectivity index (χ3v) is 3.69. The number of ketones is 1. The summed E-state index contributed by atoms with van der Waals surface area (Å²) in [6.45, 7) is 3.73. The Balaban J connectivity index is 2.07. The van der Waals surface area contributed by atoms with Gasteiger partial charge in [-0.25, -0.2) is 0 Å². The van der Waals surface area contributed by atoms with Crippen molar-refractivity contribution < 1.29 is 9.53 Å². The Morgan fingerprint density at radius 2 is 2.17 bits per heavy atom. The summed E-state index contributed by atoms with van der Waals surface area (Å²) in [5, 5.41) is 0. The number of hydrogen-bond donors (Lipinski definition) is 0. The van der Waals surface area contributed by atoms with E-state index in [0.29, 0.717) is 23.9 Å². The lowest BCUT2D eigenvalue weighted by Crippen LogP contribution is -2.40. The van der Waals surface area contributed by atoms with E-state index in [4.69, 9.17) is 4.74 Å². The van der Waals surface area contributed by atoms with Gasteiger partial charge in [0, 0.05) is 6.04 Å². The molecule has 3 heteroatoms. The summed E-state index contributed by atoms with van der Waals surface area (Å²) in [5.74, 6) is 0.827. The Hall–Kier alpha value is -1.35. The lowest BCUT2D eigenvalue weighted by Gasteiger charge is -2.32. The summed E-state index contributed by atoms with van der Waals surface area (Å²) < 4.78 is 5.24. The second kappa shape index (κ2) is 6.01. The first kappa shape index (κ1) is 13.1. The molecule has 3 nitrogen and oxygen atoms in total. The molecular formula is C15H21NO2. The Bertz CT molecular complexity index is 417. The highest BCUT2D eigenvalue weighted by atomic mass is 16.5. The number of ether oxygens (including phenoxy) is 1. The molecule has 0 aromatic heterocycles. The Labute approximate surface area is 109 Å². The summed E-state index contributed by atoms with van der Waals surface area (Å²) >= 11 is 0. The van der Waals surface area contributed by atoms with Gasteiger partial charge in [-0.1, -0.05) is 18.6 Å². The first-order chi connectivity index (χ1) is 8.72. The first-order valence-electron chi connectivity index (χ1n) is 6.62. The maximum Gasteiger partial charge on any atom is 0.180 e. The topological polar surface area (TPSA) is 29.5 Å². The second-order valence-corrected chi connectivity index (χ2v) is 4.94. The van der Waals surface area contributed by atoms with E-state index in [-0.39, 0.29) is 5.78 Å². The molecule has 98 valence electrons. The van der Waals surface area contributed by atoms with Gasteiger partial charge >= 0.3 is 0 Å². The summed E-state index contributed by atoms with van der Waals surface area (Å²) in [4.78, 5) is 14.6. The number of nitrogens with zero attached hydrogens (tertiary/aromatic N) is 1. The number of carbonyl (C=O) groups is 1. The molecule has 1 fully saturated rings. The predicted octanol–water partition coefficient (Wildman–Crippen LogP) is 2.75. The van der Waals surface area contributed by atoms with Crippen LogP contribution < -0.4 is 4.74 Å². The van der Waals surface area contributed by atoms with Crippen LogP contribution in [0.3, 0.4) is 0 Å². The monoisotopic (exact) mass is 247 g/mol. The van der Waals surface area contributed by atoms with Gasteiger partial charge in [-0.05, 0) is 38.4 Å². The fraction of sp³-hybridized carbons (Fsp3) is 0.533. The molecule has 1 saturated heterocycles. The molecule has 0 unspecified atom stereocenters. The smallest absolute Gasteiger partial charge is 0.180 e. The van der Waals surface area contributed by atoms with Gasteiger partial charge in [0.25, 0.3) is 0 Å². The number of likely N-dealkylation sites (tertiary alicyclic amines) is 1. The highest BCUT2D eigenvalue weighted by Crippen LogP contribution is 2.21. The fourth-order valence-electron chi connectivity index (χ4n) is 2.54. The van der Waals surface area contributed by atoms with E-state index in [0.717, 1.165) is 6.54 Å². The molecule has 1 aliphatic heterocycles. The SMILES string of the molecule is COc1ccccc1C(=O)CN1CCCC[C@H]1C. The van der Waals surface area contributed by atoms with Crippen LogP contribution in [-0.2, 0) is 0 Å². The highest BCUT2D eigenvalue weighted by molar-refractivity contribution is 6.00. The second-order valence-electron chi connectivity index (χ2n) is 4.94. The molecule has 0 saturated carbocycles. The van der Waals surface area contributed by atoms with Gasteiger partial charge in [0.1, 0.15) is 5.75 Å². The van der Waals surface area contributed by atoms with Crippen LogP contribution in [0.2, 0.25) is 0 Å². The van der Waals surface area contributed by atoms with Crippen LogP contribution in [0, 0.1) is 0 Å². The van der Waals surface area contributed by atoms with Gasteiger partial charge in [-0.15, -0.1) is 0 Å². The zero-order chi connectivity index (χ0) is 13.0. The molecule has 1 aromatic carbocycles. The number of para-hydroxylation sites is 1. The Morgan fingerprint density at radius 1 is 1.39 bits per heavy atom. The molecule has 0 radical (unpaired) electrons. The molecule has 0 N–H and O–H groups in total. The molecule has 0 spiro atoms. The van der Waals surface area contributed by atoms with Crippen LogP contribution in [0.4, 0.5) is 0 Å². The number of Topliss-reactive ketones (excluding diaryl/α,β-unsaturated/α-hetero) is 1. The summed E-state index contributed by atoms with van der Waals surface area (Å²) in [7, 11) is 1.61. The normalized spacial score (nSPS) is 20.7. The molecule has 0 bridgehead atoms. The zero-order valence-corrected chi connectivity index (χ0v) is 11.2. The largest absolute Gasteiger partial charge is 0.496 e. The van der Waals surface area contributed by atoms with E-state index in [2.05, 4.69) is 11.8 Å². The highest BCUT2D eigenvalue weighted by Gasteiger charge is 2.22. The maximum absolute atomic E-state index is 12.3. The van der Waals surface area contributed by atoms with Crippen LogP contribution in [0.5, 0.6) is 5.75 Å². The average molecular weight is 247 g/mol. The average Bonchev–Trinajstić information content (AvgIpc) is 2.41. The summed E-state index contributed by atoms with van der Waals surface area (Å²) in [6, 6.07) is 7.97. The van der Waals surface area contributed by atoms with E-state index >= 15 is 0 Å². The fourth-order valence-corrected chi connectivity index (χ4v) is 2.54. The minimum absolute atomic E-state index is 0.154. The lowest BCUT2D eigenvalue weighted by atomic mass is 10.0. The van der Waals surface area contributed by atoms with Crippen molar-refractivity contribution in [1.82, 2.24) is 4.90 Å². The van der Waals surface area contributed by atoms with Gasteiger partial charge in [0.2, 0.25) is 0 Å². The van der Waals surface area contributed by atoms with E-state index in [1.165, 1.54) is 19.3 Å². The van der Waals surface area contributed by atoms with Crippen molar-refractivity contribution in [3.05, 3.63) is 29.8 Å². The third-order valence-electron chi connectivity index (χ3n) is 3.69. The van der Waals surface area contributed by atoms with Crippen molar-refractivity contribution >= 4 is 5.78 Å². The molecule has 2 rings (SSSR count).